The molecule has 1 heterocycles. The zero-order valence-electron chi connectivity index (χ0n) is 12.4. The normalized spacial score (nSPS) is 12.4. The summed E-state index contributed by atoms with van der Waals surface area (Å²) in [5, 5.41) is 11.6. The van der Waals surface area contributed by atoms with Crippen LogP contribution in [0.15, 0.2) is 16.9 Å². The molecule has 112 valence electrons. The smallest absolute Gasteiger partial charge is 0.251 e. The van der Waals surface area contributed by atoms with Crippen LogP contribution in [0.25, 0.3) is 0 Å². The summed E-state index contributed by atoms with van der Waals surface area (Å²) in [5.41, 5.74) is 0.914. The van der Waals surface area contributed by atoms with Gasteiger partial charge in [0.15, 0.2) is 0 Å². The van der Waals surface area contributed by atoms with Crippen LogP contribution in [0.3, 0.4) is 0 Å². The van der Waals surface area contributed by atoms with Crippen molar-refractivity contribution in [2.75, 3.05) is 6.61 Å². The average molecular weight is 280 g/mol. The van der Waals surface area contributed by atoms with Crippen molar-refractivity contribution in [3.8, 4) is 0 Å². The van der Waals surface area contributed by atoms with Crippen molar-refractivity contribution in [2.45, 2.75) is 46.1 Å². The van der Waals surface area contributed by atoms with E-state index in [4.69, 9.17) is 5.11 Å². The Bertz CT molecular complexity index is 494. The van der Waals surface area contributed by atoms with E-state index in [1.54, 1.807) is 6.07 Å². The molecule has 1 rings (SSSR count). The molecule has 0 radical (unpaired) electrons. The second-order valence-electron chi connectivity index (χ2n) is 5.60. The van der Waals surface area contributed by atoms with Gasteiger partial charge in [-0.25, -0.2) is 0 Å². The number of rotatable bonds is 7. The number of hydrogen-bond acceptors (Lipinski definition) is 3. The van der Waals surface area contributed by atoms with E-state index in [1.807, 2.05) is 6.92 Å². The van der Waals surface area contributed by atoms with Crippen LogP contribution in [0.2, 0.25) is 0 Å². The number of aliphatic hydroxyl groups is 1. The number of H-pyrrole nitrogens is 1. The van der Waals surface area contributed by atoms with Gasteiger partial charge in [0.25, 0.3) is 5.91 Å². The number of aromatic amines is 1. The lowest BCUT2D eigenvalue weighted by atomic mass is 10.1. The number of carbonyl (C=O) groups is 1. The zero-order valence-corrected chi connectivity index (χ0v) is 12.4. The van der Waals surface area contributed by atoms with Crippen LogP contribution in [0, 0.1) is 5.92 Å². The van der Waals surface area contributed by atoms with E-state index < -0.39 is 0 Å². The highest BCUT2D eigenvalue weighted by Gasteiger charge is 2.12. The zero-order chi connectivity index (χ0) is 15.1. The Morgan fingerprint density at radius 3 is 2.65 bits per heavy atom. The molecule has 0 bridgehead atoms. The number of hydrogen-bond donors (Lipinski definition) is 3. The molecular weight excluding hydrogens is 256 g/mol. The van der Waals surface area contributed by atoms with Crippen molar-refractivity contribution in [3.05, 3.63) is 33.7 Å². The maximum atomic E-state index is 12.1. The Hall–Kier alpha value is -1.62. The summed E-state index contributed by atoms with van der Waals surface area (Å²) in [4.78, 5) is 26.4. The van der Waals surface area contributed by atoms with E-state index in [2.05, 4.69) is 24.1 Å². The number of aromatic nitrogens is 1. The molecule has 1 atom stereocenters. The van der Waals surface area contributed by atoms with Gasteiger partial charge in [-0.1, -0.05) is 13.8 Å². The monoisotopic (exact) mass is 280 g/mol. The predicted molar refractivity (Wildman–Crippen MR) is 78.9 cm³/mol. The standard InChI is InChI=1S/C15H24N2O3/c1-10(2)7-13-8-12(9-14(19)17-13)15(20)16-11(3)5-4-6-18/h8-11,18H,4-7H2,1-3H3,(H,16,20)(H,17,19). The van der Waals surface area contributed by atoms with Gasteiger partial charge in [0, 0.05) is 30.0 Å². The topological polar surface area (TPSA) is 82.2 Å². The fourth-order valence-corrected chi connectivity index (χ4v) is 2.06. The molecule has 1 unspecified atom stereocenters. The van der Waals surface area contributed by atoms with Crippen LogP contribution in [-0.2, 0) is 6.42 Å². The summed E-state index contributed by atoms with van der Waals surface area (Å²) in [6, 6.07) is 3.02. The van der Waals surface area contributed by atoms with Crippen molar-refractivity contribution in [1.82, 2.24) is 10.3 Å². The van der Waals surface area contributed by atoms with Gasteiger partial charge in [0.05, 0.1) is 0 Å². The minimum Gasteiger partial charge on any atom is -0.396 e. The molecule has 0 aromatic carbocycles. The number of carbonyl (C=O) groups excluding carboxylic acids is 1. The molecule has 0 spiro atoms. The molecule has 0 saturated carbocycles. The van der Waals surface area contributed by atoms with Crippen LogP contribution in [-0.4, -0.2) is 28.6 Å². The summed E-state index contributed by atoms with van der Waals surface area (Å²) in [5.74, 6) is 0.166. The average Bonchev–Trinajstić information content (AvgIpc) is 2.34. The molecule has 0 aliphatic rings. The van der Waals surface area contributed by atoms with E-state index in [-0.39, 0.29) is 24.1 Å². The second-order valence-corrected chi connectivity index (χ2v) is 5.60. The molecule has 1 aromatic rings. The Morgan fingerprint density at radius 1 is 1.35 bits per heavy atom. The third-order valence-corrected chi connectivity index (χ3v) is 2.96. The van der Waals surface area contributed by atoms with Gasteiger partial charge < -0.3 is 15.4 Å². The lowest BCUT2D eigenvalue weighted by Crippen LogP contribution is -2.33. The maximum Gasteiger partial charge on any atom is 0.251 e. The minimum absolute atomic E-state index is 0.0255. The highest BCUT2D eigenvalue weighted by atomic mass is 16.3. The maximum absolute atomic E-state index is 12.1. The lowest BCUT2D eigenvalue weighted by Gasteiger charge is -2.13. The van der Waals surface area contributed by atoms with Crippen molar-refractivity contribution in [2.24, 2.45) is 5.92 Å². The Labute approximate surface area is 119 Å². The molecule has 20 heavy (non-hydrogen) atoms. The highest BCUT2D eigenvalue weighted by molar-refractivity contribution is 5.94. The third kappa shape index (κ3) is 5.57. The van der Waals surface area contributed by atoms with Crippen LogP contribution in [0.4, 0.5) is 0 Å². The second kappa shape index (κ2) is 7.85. The first-order valence-electron chi connectivity index (χ1n) is 7.07. The molecule has 0 fully saturated rings. The number of amides is 1. The number of nitrogens with one attached hydrogen (secondary N) is 2. The largest absolute Gasteiger partial charge is 0.396 e. The first-order chi connectivity index (χ1) is 9.42. The van der Waals surface area contributed by atoms with Crippen molar-refractivity contribution in [3.63, 3.8) is 0 Å². The predicted octanol–water partition coefficient (Wildman–Crippen LogP) is 1.46. The van der Waals surface area contributed by atoms with Crippen LogP contribution in [0.1, 0.15) is 49.7 Å². The molecule has 0 aliphatic heterocycles. The van der Waals surface area contributed by atoms with Gasteiger partial charge in [-0.3, -0.25) is 9.59 Å². The Balaban J connectivity index is 2.77. The quantitative estimate of drug-likeness (QED) is 0.707. The third-order valence-electron chi connectivity index (χ3n) is 2.96. The molecular formula is C15H24N2O3. The van der Waals surface area contributed by atoms with Crippen LogP contribution >= 0.6 is 0 Å². The fraction of sp³-hybridized carbons (Fsp3) is 0.600. The first-order valence-corrected chi connectivity index (χ1v) is 7.07. The molecule has 3 N–H and O–H groups in total. The molecule has 1 amide bonds. The molecule has 1 aromatic heterocycles. The van der Waals surface area contributed by atoms with Gasteiger partial charge in [0.1, 0.15) is 0 Å². The summed E-state index contributed by atoms with van der Waals surface area (Å²) in [6.45, 7) is 6.11. The summed E-state index contributed by atoms with van der Waals surface area (Å²) >= 11 is 0. The lowest BCUT2D eigenvalue weighted by molar-refractivity contribution is 0.0936. The van der Waals surface area contributed by atoms with Gasteiger partial charge in [-0.2, -0.15) is 0 Å². The van der Waals surface area contributed by atoms with E-state index in [0.717, 1.165) is 12.1 Å². The van der Waals surface area contributed by atoms with Gasteiger partial charge in [-0.15, -0.1) is 0 Å². The Morgan fingerprint density at radius 2 is 2.05 bits per heavy atom. The summed E-state index contributed by atoms with van der Waals surface area (Å²) in [7, 11) is 0. The number of pyridine rings is 1. The van der Waals surface area contributed by atoms with E-state index in [0.29, 0.717) is 24.3 Å². The molecule has 5 nitrogen and oxygen atoms in total. The van der Waals surface area contributed by atoms with Gasteiger partial charge >= 0.3 is 0 Å². The van der Waals surface area contributed by atoms with Crippen molar-refractivity contribution < 1.29 is 9.90 Å². The van der Waals surface area contributed by atoms with Gasteiger partial charge in [-0.05, 0) is 38.2 Å². The van der Waals surface area contributed by atoms with Crippen molar-refractivity contribution in [1.29, 1.82) is 0 Å². The summed E-state index contributed by atoms with van der Waals surface area (Å²) in [6.07, 6.45) is 2.09. The molecule has 0 saturated heterocycles. The minimum atomic E-state index is -0.253. The van der Waals surface area contributed by atoms with E-state index in [1.165, 1.54) is 6.07 Å². The van der Waals surface area contributed by atoms with Crippen molar-refractivity contribution >= 4 is 5.91 Å². The molecule has 0 aliphatic carbocycles. The first kappa shape index (κ1) is 16.4. The SMILES string of the molecule is CC(C)Cc1cc(C(=O)NC(C)CCCO)cc(=O)[nH]1. The Kier molecular flexibility index (Phi) is 6.45. The van der Waals surface area contributed by atoms with Gasteiger partial charge in [0.2, 0.25) is 5.56 Å². The summed E-state index contributed by atoms with van der Waals surface area (Å²) < 4.78 is 0. The number of aliphatic hydroxyl groups excluding tert-OH is 1. The molecule has 5 heteroatoms. The van der Waals surface area contributed by atoms with Crippen LogP contribution in [0.5, 0.6) is 0 Å². The fourth-order valence-electron chi connectivity index (χ4n) is 2.06. The van der Waals surface area contributed by atoms with E-state index in [9.17, 15) is 9.59 Å². The van der Waals surface area contributed by atoms with E-state index >= 15 is 0 Å². The van der Waals surface area contributed by atoms with Crippen LogP contribution < -0.4 is 10.9 Å². The highest BCUT2D eigenvalue weighted by Crippen LogP contribution is 2.07.